The van der Waals surface area contributed by atoms with E-state index in [4.69, 9.17) is 18.8 Å². The molecule has 0 atom stereocenters. The minimum atomic E-state index is 0.552. The zero-order chi connectivity index (χ0) is 32.6. The average molecular weight is 628 g/mol. The number of aromatic nitrogens is 3. The molecule has 49 heavy (non-hydrogen) atoms. The topological polar surface area (TPSA) is 105 Å². The fourth-order valence-electron chi connectivity index (χ4n) is 7.16. The van der Waals surface area contributed by atoms with Crippen LogP contribution in [0.15, 0.2) is 136 Å². The molecule has 10 rings (SSSR count). The summed E-state index contributed by atoms with van der Waals surface area (Å²) in [6.07, 6.45) is 3.65. The molecule has 5 aromatic carbocycles. The van der Waals surface area contributed by atoms with Crippen LogP contribution < -0.4 is 0 Å². The standard InChI is InChI=1S/C42H21N5O2/c43-22-24-9-11-35-33(17-24)34-18-25(23-44)10-12-36(34)47(35)28-20-26(29-13-15-45-39-31-5-1-3-7-37(31)48-41(29)39)19-27(21-28)30-14-16-46-40-32-6-2-4-8-38(32)49-42(30)40/h1-21H. The van der Waals surface area contributed by atoms with Gasteiger partial charge in [-0.2, -0.15) is 10.5 Å². The lowest BCUT2D eigenvalue weighted by Crippen LogP contribution is -1.96. The first kappa shape index (κ1) is 26.9. The predicted octanol–water partition coefficient (Wildman–Crippen LogP) is 10.4. The Labute approximate surface area is 278 Å². The number of hydrogen-bond donors (Lipinski definition) is 0. The van der Waals surface area contributed by atoms with E-state index >= 15 is 0 Å². The number of benzene rings is 5. The van der Waals surface area contributed by atoms with Crippen LogP contribution in [0.2, 0.25) is 0 Å². The SMILES string of the molecule is N#Cc1ccc2c(c1)c1cc(C#N)ccc1n2-c1cc(-c2ccnc3c2oc2ccccc23)cc(-c2ccnc3c2oc2ccccc23)c1. The molecule has 0 spiro atoms. The molecule has 7 nitrogen and oxygen atoms in total. The fraction of sp³-hybridized carbons (Fsp3) is 0. The van der Waals surface area contributed by atoms with Crippen LogP contribution in [0.4, 0.5) is 0 Å². The quantitative estimate of drug-likeness (QED) is 0.193. The normalized spacial score (nSPS) is 11.6. The van der Waals surface area contributed by atoms with Crippen LogP contribution in [-0.4, -0.2) is 14.5 Å². The van der Waals surface area contributed by atoms with Gasteiger partial charge < -0.3 is 13.4 Å². The summed E-state index contributed by atoms with van der Waals surface area (Å²) in [7, 11) is 0. The van der Waals surface area contributed by atoms with Crippen molar-refractivity contribution in [3.8, 4) is 40.1 Å². The van der Waals surface area contributed by atoms with Crippen molar-refractivity contribution in [3.63, 3.8) is 0 Å². The molecule has 5 heterocycles. The Morgan fingerprint density at radius 1 is 0.510 bits per heavy atom. The average Bonchev–Trinajstić information content (AvgIpc) is 3.83. The zero-order valence-corrected chi connectivity index (χ0v) is 25.7. The highest BCUT2D eigenvalue weighted by Crippen LogP contribution is 2.41. The molecule has 0 N–H and O–H groups in total. The monoisotopic (exact) mass is 627 g/mol. The maximum atomic E-state index is 9.76. The summed E-state index contributed by atoms with van der Waals surface area (Å²) >= 11 is 0. The number of pyridine rings is 2. The third-order valence-corrected chi connectivity index (χ3v) is 9.34. The van der Waals surface area contributed by atoms with Gasteiger partial charge >= 0.3 is 0 Å². The lowest BCUT2D eigenvalue weighted by Gasteiger charge is -2.14. The maximum Gasteiger partial charge on any atom is 0.161 e. The second-order valence-corrected chi connectivity index (χ2v) is 12.1. The van der Waals surface area contributed by atoms with Crippen molar-refractivity contribution in [2.24, 2.45) is 0 Å². The van der Waals surface area contributed by atoms with Gasteiger partial charge in [-0.1, -0.05) is 24.3 Å². The van der Waals surface area contributed by atoms with E-state index in [0.29, 0.717) is 22.3 Å². The fourth-order valence-corrected chi connectivity index (χ4v) is 7.16. The van der Waals surface area contributed by atoms with E-state index in [1.54, 1.807) is 0 Å². The number of para-hydroxylation sites is 2. The van der Waals surface area contributed by atoms with E-state index in [0.717, 1.165) is 82.7 Å². The number of fused-ring (bicyclic) bond motifs is 9. The highest BCUT2D eigenvalue weighted by atomic mass is 16.3. The van der Waals surface area contributed by atoms with Crippen LogP contribution in [-0.2, 0) is 0 Å². The summed E-state index contributed by atoms with van der Waals surface area (Å²) in [4.78, 5) is 9.43. The Bertz CT molecular complexity index is 2890. The molecule has 0 saturated heterocycles. The molecule has 0 radical (unpaired) electrons. The van der Waals surface area contributed by atoms with Crippen molar-refractivity contribution >= 4 is 65.9 Å². The van der Waals surface area contributed by atoms with Crippen molar-refractivity contribution in [2.45, 2.75) is 0 Å². The summed E-state index contributed by atoms with van der Waals surface area (Å²) < 4.78 is 15.1. The molecule has 0 amide bonds. The van der Waals surface area contributed by atoms with Gasteiger partial charge in [0.05, 0.1) is 34.3 Å². The van der Waals surface area contributed by atoms with E-state index in [1.165, 1.54) is 0 Å². The van der Waals surface area contributed by atoms with Crippen LogP contribution in [0, 0.1) is 22.7 Å². The van der Waals surface area contributed by atoms with Gasteiger partial charge in [0, 0.05) is 50.8 Å². The molecule has 0 fully saturated rings. The molecule has 0 bridgehead atoms. The summed E-state index contributed by atoms with van der Waals surface area (Å²) in [6, 6.07) is 42.2. The van der Waals surface area contributed by atoms with Crippen LogP contribution in [0.5, 0.6) is 0 Å². The lowest BCUT2D eigenvalue weighted by atomic mass is 9.97. The van der Waals surface area contributed by atoms with Crippen molar-refractivity contribution < 1.29 is 8.83 Å². The summed E-state index contributed by atoms with van der Waals surface area (Å²) in [5.41, 5.74) is 12.0. The van der Waals surface area contributed by atoms with Gasteiger partial charge in [-0.05, 0) is 102 Å². The molecule has 5 aromatic heterocycles. The third kappa shape index (κ3) is 3.94. The van der Waals surface area contributed by atoms with Gasteiger partial charge in [0.15, 0.2) is 11.2 Å². The molecule has 10 aromatic rings. The molecule has 7 heteroatoms. The Morgan fingerprint density at radius 2 is 1.00 bits per heavy atom. The smallest absolute Gasteiger partial charge is 0.161 e. The number of furan rings is 2. The Morgan fingerprint density at radius 3 is 1.49 bits per heavy atom. The predicted molar refractivity (Wildman–Crippen MR) is 191 cm³/mol. The van der Waals surface area contributed by atoms with Crippen molar-refractivity contribution in [3.05, 3.63) is 139 Å². The van der Waals surface area contributed by atoms with Gasteiger partial charge in [-0.25, -0.2) is 0 Å². The summed E-state index contributed by atoms with van der Waals surface area (Å²) in [5, 5.41) is 23.2. The van der Waals surface area contributed by atoms with E-state index in [2.05, 4.69) is 34.9 Å². The molecule has 0 aliphatic heterocycles. The Kier molecular flexibility index (Phi) is 5.58. The first-order valence-corrected chi connectivity index (χ1v) is 15.8. The van der Waals surface area contributed by atoms with Crippen molar-refractivity contribution in [1.29, 1.82) is 10.5 Å². The minimum Gasteiger partial charge on any atom is -0.454 e. The highest BCUT2D eigenvalue weighted by molar-refractivity contribution is 6.12. The number of rotatable bonds is 3. The maximum absolute atomic E-state index is 9.76. The Balaban J connectivity index is 1.32. The number of nitriles is 2. The molecule has 0 aliphatic rings. The van der Waals surface area contributed by atoms with Crippen LogP contribution in [0.25, 0.3) is 93.9 Å². The van der Waals surface area contributed by atoms with E-state index in [-0.39, 0.29) is 0 Å². The number of hydrogen-bond acceptors (Lipinski definition) is 6. The van der Waals surface area contributed by atoms with Crippen LogP contribution in [0.3, 0.4) is 0 Å². The summed E-state index contributed by atoms with van der Waals surface area (Å²) in [6.45, 7) is 0. The zero-order valence-electron chi connectivity index (χ0n) is 25.7. The highest BCUT2D eigenvalue weighted by Gasteiger charge is 2.20. The van der Waals surface area contributed by atoms with Gasteiger partial charge in [-0.15, -0.1) is 0 Å². The minimum absolute atomic E-state index is 0.552. The molecule has 0 aliphatic carbocycles. The molecule has 0 saturated carbocycles. The van der Waals surface area contributed by atoms with Gasteiger partial charge in [0.25, 0.3) is 0 Å². The molecular weight excluding hydrogens is 606 g/mol. The van der Waals surface area contributed by atoms with Gasteiger partial charge in [-0.3, -0.25) is 9.97 Å². The second kappa shape index (κ2) is 10.1. The molecule has 0 unspecified atom stereocenters. The van der Waals surface area contributed by atoms with Crippen molar-refractivity contribution in [1.82, 2.24) is 14.5 Å². The van der Waals surface area contributed by atoms with Gasteiger partial charge in [0.2, 0.25) is 0 Å². The van der Waals surface area contributed by atoms with E-state index in [1.807, 2.05) is 109 Å². The first-order chi connectivity index (χ1) is 24.2. The van der Waals surface area contributed by atoms with Crippen LogP contribution >= 0.6 is 0 Å². The van der Waals surface area contributed by atoms with Gasteiger partial charge in [0.1, 0.15) is 22.2 Å². The lowest BCUT2D eigenvalue weighted by molar-refractivity contribution is 0.669. The first-order valence-electron chi connectivity index (χ1n) is 15.8. The van der Waals surface area contributed by atoms with E-state index < -0.39 is 0 Å². The summed E-state index contributed by atoms with van der Waals surface area (Å²) in [5.74, 6) is 0. The Hall–Kier alpha value is -7.22. The molecular formula is C42H21N5O2. The second-order valence-electron chi connectivity index (χ2n) is 12.1. The van der Waals surface area contributed by atoms with E-state index in [9.17, 15) is 10.5 Å². The molecule has 226 valence electrons. The van der Waals surface area contributed by atoms with Crippen LogP contribution in [0.1, 0.15) is 11.1 Å². The van der Waals surface area contributed by atoms with Crippen molar-refractivity contribution in [2.75, 3.05) is 0 Å². The third-order valence-electron chi connectivity index (χ3n) is 9.34. The number of nitrogens with zero attached hydrogens (tertiary/aromatic N) is 5. The largest absolute Gasteiger partial charge is 0.454 e.